The first kappa shape index (κ1) is 9.52. The lowest BCUT2D eigenvalue weighted by Crippen LogP contribution is -2.30. The number of fused-ring (bicyclic) bond motifs is 1. The van der Waals surface area contributed by atoms with Gasteiger partial charge in [0.05, 0.1) is 0 Å². The molecule has 0 amide bonds. The average Bonchev–Trinajstić information content (AvgIpc) is 2.48. The van der Waals surface area contributed by atoms with Crippen LogP contribution in [0.25, 0.3) is 10.1 Å². The Bertz CT molecular complexity index is 474. The molecule has 0 atom stereocenters. The van der Waals surface area contributed by atoms with Crippen LogP contribution in [0.4, 0.5) is 17.3 Å². The number of rotatable bonds is 1. The Labute approximate surface area is 81.2 Å². The van der Waals surface area contributed by atoms with Gasteiger partial charge in [0.25, 0.3) is 0 Å². The zero-order valence-electron chi connectivity index (χ0n) is 6.81. The van der Waals surface area contributed by atoms with Gasteiger partial charge in [0.1, 0.15) is 5.82 Å². The molecule has 0 spiro atoms. The normalized spacial score (nSPS) is 12.3. The highest BCUT2D eigenvalue weighted by atomic mass is 32.1. The van der Waals surface area contributed by atoms with Gasteiger partial charge in [-0.25, -0.2) is 4.39 Å². The Hall–Kier alpha value is -1.04. The highest BCUT2D eigenvalue weighted by molar-refractivity contribution is 7.29. The summed E-state index contributed by atoms with van der Waals surface area (Å²) < 4.78 is 49.6. The third-order valence-corrected chi connectivity index (χ3v) is 3.05. The van der Waals surface area contributed by atoms with Gasteiger partial charge in [0.2, 0.25) is 0 Å². The molecule has 0 aliphatic carbocycles. The highest BCUT2D eigenvalue weighted by Gasteiger charge is 2.28. The minimum absolute atomic E-state index is 0.0479. The van der Waals surface area contributed by atoms with Gasteiger partial charge in [-0.2, -0.15) is 11.3 Å². The van der Waals surface area contributed by atoms with E-state index in [0.29, 0.717) is 16.0 Å². The van der Waals surface area contributed by atoms with Crippen molar-refractivity contribution in [2.45, 2.75) is 0 Å². The largest absolute Gasteiger partial charge is 0.519 e. The lowest BCUT2D eigenvalue weighted by molar-refractivity contribution is 0.503. The van der Waals surface area contributed by atoms with Crippen LogP contribution < -0.4 is 4.78 Å². The minimum Gasteiger partial charge on any atom is -0.444 e. The van der Waals surface area contributed by atoms with E-state index >= 15 is 0 Å². The van der Waals surface area contributed by atoms with Crippen molar-refractivity contribution in [2.24, 2.45) is 0 Å². The molecular formula is C8H4BF4S-. The van der Waals surface area contributed by atoms with Gasteiger partial charge in [-0.3, -0.25) is 0 Å². The van der Waals surface area contributed by atoms with Crippen molar-refractivity contribution < 1.29 is 17.3 Å². The highest BCUT2D eigenvalue weighted by Crippen LogP contribution is 2.25. The molecule has 0 N–H and O–H groups in total. The van der Waals surface area contributed by atoms with Crippen molar-refractivity contribution in [1.82, 2.24) is 0 Å². The Kier molecular flexibility index (Phi) is 2.03. The molecule has 0 radical (unpaired) electrons. The maximum atomic E-state index is 13.0. The van der Waals surface area contributed by atoms with Crippen LogP contribution >= 0.6 is 11.3 Å². The fraction of sp³-hybridized carbons (Fsp3) is 0. The van der Waals surface area contributed by atoms with E-state index in [1.165, 1.54) is 12.1 Å². The van der Waals surface area contributed by atoms with E-state index in [1.54, 1.807) is 0 Å². The number of hydrogen-bond donors (Lipinski definition) is 0. The summed E-state index contributed by atoms with van der Waals surface area (Å²) in [7, 11) is 0. The van der Waals surface area contributed by atoms with Gasteiger partial charge in [-0.15, -0.1) is 0 Å². The Morgan fingerprint density at radius 3 is 2.43 bits per heavy atom. The first-order chi connectivity index (χ1) is 6.48. The summed E-state index contributed by atoms with van der Waals surface area (Å²) in [5.74, 6) is -0.606. The van der Waals surface area contributed by atoms with Crippen molar-refractivity contribution in [3.05, 3.63) is 30.1 Å². The van der Waals surface area contributed by atoms with E-state index in [2.05, 4.69) is 0 Å². The van der Waals surface area contributed by atoms with Gasteiger partial charge in [-0.05, 0) is 12.1 Å². The van der Waals surface area contributed by atoms with E-state index in [0.717, 1.165) is 12.1 Å². The fourth-order valence-corrected chi connectivity index (χ4v) is 2.18. The molecule has 0 nitrogen and oxygen atoms in total. The lowest BCUT2D eigenvalue weighted by atomic mass is 9.89. The van der Waals surface area contributed by atoms with Crippen molar-refractivity contribution in [3.8, 4) is 0 Å². The molecule has 74 valence electrons. The second-order valence-corrected chi connectivity index (χ2v) is 3.99. The Morgan fingerprint density at radius 1 is 1.14 bits per heavy atom. The lowest BCUT2D eigenvalue weighted by Gasteiger charge is -2.09. The van der Waals surface area contributed by atoms with E-state index in [1.807, 2.05) is 0 Å². The Balaban J connectivity index is 2.69. The van der Waals surface area contributed by atoms with Gasteiger partial charge >= 0.3 is 6.98 Å². The van der Waals surface area contributed by atoms with Crippen molar-refractivity contribution in [1.29, 1.82) is 0 Å². The topological polar surface area (TPSA) is 0 Å². The van der Waals surface area contributed by atoms with Crippen LogP contribution in [0.2, 0.25) is 0 Å². The Morgan fingerprint density at radius 2 is 1.86 bits per heavy atom. The van der Waals surface area contributed by atoms with E-state index in [9.17, 15) is 17.3 Å². The molecule has 14 heavy (non-hydrogen) atoms. The van der Waals surface area contributed by atoms with Gasteiger partial charge in [-0.1, -0.05) is 16.9 Å². The quantitative estimate of drug-likeness (QED) is 0.510. The molecule has 1 aromatic carbocycles. The van der Waals surface area contributed by atoms with E-state index < -0.39 is 17.6 Å². The van der Waals surface area contributed by atoms with Crippen LogP contribution in [-0.4, -0.2) is 6.98 Å². The van der Waals surface area contributed by atoms with Gasteiger partial charge in [0, 0.05) is 10.1 Å². The maximum absolute atomic E-state index is 13.0. The predicted molar refractivity (Wildman–Crippen MR) is 50.5 cm³/mol. The molecule has 0 aliphatic heterocycles. The van der Waals surface area contributed by atoms with Gasteiger partial charge in [0.15, 0.2) is 0 Å². The third-order valence-electron chi connectivity index (χ3n) is 1.85. The molecule has 0 bridgehead atoms. The molecule has 2 rings (SSSR count). The second kappa shape index (κ2) is 2.98. The van der Waals surface area contributed by atoms with E-state index in [4.69, 9.17) is 0 Å². The van der Waals surface area contributed by atoms with Crippen LogP contribution in [0.15, 0.2) is 24.3 Å². The monoisotopic (exact) mass is 219 g/mol. The zero-order valence-corrected chi connectivity index (χ0v) is 7.62. The van der Waals surface area contributed by atoms with Crippen molar-refractivity contribution in [3.63, 3.8) is 0 Å². The van der Waals surface area contributed by atoms with Crippen molar-refractivity contribution in [2.75, 3.05) is 0 Å². The average molecular weight is 219 g/mol. The second-order valence-electron chi connectivity index (χ2n) is 2.88. The van der Waals surface area contributed by atoms with Crippen LogP contribution in [0.1, 0.15) is 0 Å². The summed E-state index contributed by atoms with van der Waals surface area (Å²) in [5, 5.41) is 0.0479. The smallest absolute Gasteiger partial charge is 0.444 e. The summed E-state index contributed by atoms with van der Waals surface area (Å²) in [4.78, 5) is 0. The molecule has 0 saturated carbocycles. The van der Waals surface area contributed by atoms with Crippen LogP contribution in [0, 0.1) is 5.82 Å². The SMILES string of the molecule is Fc1cccc2sc([B-](F)(F)F)cc12. The molecule has 6 heteroatoms. The van der Waals surface area contributed by atoms with Gasteiger partial charge < -0.3 is 12.9 Å². The molecule has 2 aromatic rings. The molecule has 1 aromatic heterocycles. The summed E-state index contributed by atoms with van der Waals surface area (Å²) in [6.45, 7) is -5.02. The first-order valence-electron chi connectivity index (χ1n) is 3.86. The number of thiophene rings is 1. The maximum Gasteiger partial charge on any atom is 0.519 e. The number of hydrogen-bond acceptors (Lipinski definition) is 1. The number of benzene rings is 1. The standard InChI is InChI=1S/C8H4BF4S/c10-6-2-1-3-7-5(6)4-8(14-7)9(11,12)13/h1-4H/q-1. The molecule has 0 aliphatic rings. The van der Waals surface area contributed by atoms with Crippen LogP contribution in [-0.2, 0) is 0 Å². The van der Waals surface area contributed by atoms with Crippen LogP contribution in [0.5, 0.6) is 0 Å². The summed E-state index contributed by atoms with van der Waals surface area (Å²) in [6, 6.07) is 4.91. The summed E-state index contributed by atoms with van der Waals surface area (Å²) in [6.07, 6.45) is 0. The summed E-state index contributed by atoms with van der Waals surface area (Å²) >= 11 is 0.581. The molecular weight excluding hydrogens is 215 g/mol. The molecule has 0 saturated heterocycles. The predicted octanol–water partition coefficient (Wildman–Crippen LogP) is 3.09. The molecule has 0 fully saturated rings. The zero-order chi connectivity index (χ0) is 10.3. The number of halogens is 4. The fourth-order valence-electron chi connectivity index (χ4n) is 1.21. The van der Waals surface area contributed by atoms with E-state index in [-0.39, 0.29) is 5.39 Å². The summed E-state index contributed by atoms with van der Waals surface area (Å²) in [5.41, 5.74) is 0. The third kappa shape index (κ3) is 1.50. The first-order valence-corrected chi connectivity index (χ1v) is 4.68. The van der Waals surface area contributed by atoms with Crippen LogP contribution in [0.3, 0.4) is 0 Å². The molecule has 0 unspecified atom stereocenters. The minimum atomic E-state index is -5.02. The van der Waals surface area contributed by atoms with Crippen molar-refractivity contribution >= 4 is 33.2 Å². The molecule has 1 heterocycles.